The van der Waals surface area contributed by atoms with Gasteiger partial charge in [-0.3, -0.25) is 14.4 Å². The molecule has 0 fully saturated rings. The summed E-state index contributed by atoms with van der Waals surface area (Å²) in [6.45, 7) is 21.9. The Kier molecular flexibility index (Phi) is 73.7. The monoisotopic (exact) mass is 1680 g/mol. The quantitative estimate of drug-likeness (QED) is 0.0464. The Bertz CT molecular complexity index is 2580. The number of carboxylic acids is 1. The Morgan fingerprint density at radius 3 is 0.846 bits per heavy atom. The molecule has 0 aliphatic heterocycles. The van der Waals surface area contributed by atoms with Crippen LogP contribution in [-0.2, 0) is 138 Å². The average Bonchev–Trinajstić information content (AvgIpc) is 1.62. The highest BCUT2D eigenvalue weighted by Gasteiger charge is 2.30. The van der Waals surface area contributed by atoms with Crippen LogP contribution in [0, 0.1) is 0 Å². The lowest BCUT2D eigenvalue weighted by atomic mass is 9.98. The highest BCUT2D eigenvalue weighted by atomic mass is 16.6. The molecule has 1 aliphatic carbocycles. The lowest BCUT2D eigenvalue weighted by Crippen LogP contribution is -2.47. The van der Waals surface area contributed by atoms with E-state index in [0.717, 1.165) is 22.3 Å². The number of carboxylic acid groups (broad SMARTS) is 1. The minimum absolute atomic E-state index is 0.0303. The van der Waals surface area contributed by atoms with Gasteiger partial charge >= 0.3 is 12.1 Å². The molecule has 2 aromatic rings. The van der Waals surface area contributed by atoms with Crippen LogP contribution in [0.3, 0.4) is 0 Å². The Morgan fingerprint density at radius 1 is 0.299 bits per heavy atom. The molecule has 0 saturated carbocycles. The lowest BCUT2D eigenvalue weighted by Gasteiger charge is -2.19. The van der Waals surface area contributed by atoms with Gasteiger partial charge in [0.15, 0.2) is 0 Å². The van der Waals surface area contributed by atoms with Gasteiger partial charge in [-0.05, 0) is 54.4 Å². The zero-order chi connectivity index (χ0) is 83.5. The summed E-state index contributed by atoms with van der Waals surface area (Å²) in [5, 5.41) is 20.9. The van der Waals surface area contributed by atoms with Gasteiger partial charge in [0.05, 0.1) is 317 Å². The van der Waals surface area contributed by atoms with Crippen LogP contribution < -0.4 is 32.7 Å². The van der Waals surface area contributed by atoms with Crippen molar-refractivity contribution >= 4 is 29.8 Å². The second kappa shape index (κ2) is 81.5. The zero-order valence-electron chi connectivity index (χ0n) is 69.1. The number of nitrogens with one attached hydrogen (secondary N) is 4. The van der Waals surface area contributed by atoms with E-state index < -0.39 is 36.0 Å². The summed E-state index contributed by atoms with van der Waals surface area (Å²) in [6, 6.07) is 13.6. The zero-order valence-corrected chi connectivity index (χ0v) is 69.1. The molecule has 676 valence electrons. The number of nitrogens with two attached hydrogens (primary N) is 2. The van der Waals surface area contributed by atoms with Crippen LogP contribution in [0.2, 0.25) is 0 Å². The average molecular weight is 1680 g/mol. The number of ether oxygens (including phenoxy) is 25. The standard InChI is InChI=1S/C80H140N6O31/c81-16-22-95-26-30-99-34-38-103-42-46-107-50-54-111-58-62-115-66-64-113-60-56-109-52-48-105-44-40-101-36-32-97-28-24-93-20-14-76(87)83-19-7-13-74(78(89)84-18-6-5-12-75(79(90)91)86-80(92)117-68-73-71-10-3-1-8-69(71)70-9-2-4-11-72(70)73)85-77(88)15-21-94-25-29-98-33-37-102-41-45-106-49-53-110-57-61-114-65-67-116-63-59-112-55-51-108-47-43-104-39-35-100-31-27-96-23-17-82/h1-4,8-11,73-75H,5-7,12-68,81-82H2,(H,83,87)(H,84,89)(H,85,88)(H,86,92)(H,90,91)/t74-,75-/m0/s1. The molecule has 0 spiro atoms. The van der Waals surface area contributed by atoms with E-state index in [-0.39, 0.29) is 90.2 Å². The summed E-state index contributed by atoms with van der Waals surface area (Å²) in [5.74, 6) is -2.53. The first kappa shape index (κ1) is 106. The van der Waals surface area contributed by atoms with Crippen LogP contribution in [0.15, 0.2) is 48.5 Å². The molecule has 9 N–H and O–H groups in total. The van der Waals surface area contributed by atoms with Crippen LogP contribution in [-0.4, -0.2) is 397 Å². The van der Waals surface area contributed by atoms with E-state index in [1.807, 2.05) is 48.5 Å². The van der Waals surface area contributed by atoms with Crippen molar-refractivity contribution in [3.05, 3.63) is 59.7 Å². The Labute approximate surface area is 691 Å². The molecule has 0 saturated heterocycles. The number of carbonyl (C=O) groups excluding carboxylic acids is 4. The molecule has 2 atom stereocenters. The van der Waals surface area contributed by atoms with Crippen LogP contribution in [0.25, 0.3) is 11.1 Å². The minimum Gasteiger partial charge on any atom is -0.480 e. The number of hydrogen-bond acceptors (Lipinski definition) is 32. The van der Waals surface area contributed by atoms with Gasteiger partial charge in [-0.25, -0.2) is 9.59 Å². The number of amides is 4. The molecule has 37 nitrogen and oxygen atoms in total. The molecule has 37 heteroatoms. The third-order valence-electron chi connectivity index (χ3n) is 16.5. The molecule has 0 unspecified atom stereocenters. The normalized spacial score (nSPS) is 12.4. The summed E-state index contributed by atoms with van der Waals surface area (Å²) in [4.78, 5) is 64.6. The van der Waals surface area contributed by atoms with Crippen molar-refractivity contribution in [2.45, 2.75) is 62.9 Å². The molecule has 0 heterocycles. The third kappa shape index (κ3) is 64.1. The number of unbranched alkanes of at least 4 members (excludes halogenated alkanes) is 1. The van der Waals surface area contributed by atoms with Crippen LogP contribution in [0.1, 0.15) is 62.0 Å². The topological polar surface area (TPSA) is 436 Å². The van der Waals surface area contributed by atoms with Gasteiger partial charge in [-0.2, -0.15) is 0 Å². The molecule has 117 heavy (non-hydrogen) atoms. The van der Waals surface area contributed by atoms with Gasteiger partial charge in [0.2, 0.25) is 17.7 Å². The van der Waals surface area contributed by atoms with E-state index in [4.69, 9.17) is 130 Å². The Morgan fingerprint density at radius 2 is 0.556 bits per heavy atom. The number of aliphatic carboxylic acids is 1. The SMILES string of the molecule is NCCOCCOCCOCCOCCOCCOCCOCCOCCOCCOCCOCCOCCC(=O)NCCC[C@H](NC(=O)CCOCCOCCOCCOCCOCCOCCOCCOCCOCCOCCOCCOCCN)C(=O)NCCCC[C@H](NC(=O)OCC1c2ccccc2-c2ccccc21)C(=O)O. The fraction of sp³-hybridized carbons (Fsp3) is 0.787. The van der Waals surface area contributed by atoms with E-state index in [9.17, 15) is 29.1 Å². The Balaban J connectivity index is 1.16. The van der Waals surface area contributed by atoms with Gasteiger partial charge in [-0.1, -0.05) is 48.5 Å². The summed E-state index contributed by atoms with van der Waals surface area (Å²) in [5.41, 5.74) is 14.9. The number of hydrogen-bond donors (Lipinski definition) is 7. The van der Waals surface area contributed by atoms with Gasteiger partial charge in [0, 0.05) is 44.9 Å². The van der Waals surface area contributed by atoms with Crippen molar-refractivity contribution in [2.75, 3.05) is 350 Å². The van der Waals surface area contributed by atoms with Crippen molar-refractivity contribution in [1.29, 1.82) is 0 Å². The predicted octanol–water partition coefficient (Wildman–Crippen LogP) is 1.74. The summed E-state index contributed by atoms with van der Waals surface area (Å²) < 4.78 is 137. The van der Waals surface area contributed by atoms with Gasteiger partial charge in [0.25, 0.3) is 0 Å². The summed E-state index contributed by atoms with van der Waals surface area (Å²) >= 11 is 0. The second-order valence-corrected chi connectivity index (χ2v) is 25.5. The molecule has 0 aromatic heterocycles. The van der Waals surface area contributed by atoms with E-state index in [2.05, 4.69) is 21.3 Å². The molecule has 3 rings (SSSR count). The maximum Gasteiger partial charge on any atom is 0.407 e. The van der Waals surface area contributed by atoms with Crippen molar-refractivity contribution in [2.24, 2.45) is 11.5 Å². The Hall–Kier alpha value is -5.45. The van der Waals surface area contributed by atoms with Crippen molar-refractivity contribution < 1.29 is 148 Å². The number of rotatable bonds is 91. The van der Waals surface area contributed by atoms with Crippen molar-refractivity contribution in [1.82, 2.24) is 21.3 Å². The summed E-state index contributed by atoms with van der Waals surface area (Å²) in [7, 11) is 0. The molecular weight excluding hydrogens is 1540 g/mol. The van der Waals surface area contributed by atoms with Crippen molar-refractivity contribution in [3.8, 4) is 11.1 Å². The molecule has 0 bridgehead atoms. The van der Waals surface area contributed by atoms with E-state index in [1.165, 1.54) is 0 Å². The van der Waals surface area contributed by atoms with E-state index in [1.54, 1.807) is 0 Å². The maximum atomic E-state index is 13.6. The van der Waals surface area contributed by atoms with Gasteiger partial charge < -0.3 is 156 Å². The second-order valence-electron chi connectivity index (χ2n) is 25.5. The smallest absolute Gasteiger partial charge is 0.407 e. The highest BCUT2D eigenvalue weighted by molar-refractivity contribution is 5.87. The maximum absolute atomic E-state index is 13.6. The summed E-state index contributed by atoms with van der Waals surface area (Å²) in [6.07, 6.45) is 0.579. The first-order chi connectivity index (χ1) is 57.7. The van der Waals surface area contributed by atoms with Crippen LogP contribution in [0.5, 0.6) is 0 Å². The fourth-order valence-electron chi connectivity index (χ4n) is 10.5. The number of fused-ring (bicyclic) bond motifs is 3. The molecule has 0 radical (unpaired) electrons. The van der Waals surface area contributed by atoms with Crippen LogP contribution >= 0.6 is 0 Å². The molecule has 4 amide bonds. The van der Waals surface area contributed by atoms with Gasteiger partial charge in [-0.15, -0.1) is 0 Å². The highest BCUT2D eigenvalue weighted by Crippen LogP contribution is 2.44. The largest absolute Gasteiger partial charge is 0.480 e. The van der Waals surface area contributed by atoms with Crippen molar-refractivity contribution in [3.63, 3.8) is 0 Å². The predicted molar refractivity (Wildman–Crippen MR) is 428 cm³/mol. The first-order valence-electron chi connectivity index (χ1n) is 41.2. The number of benzene rings is 2. The molecular formula is C80H140N6O31. The number of carbonyl (C=O) groups is 5. The van der Waals surface area contributed by atoms with Crippen LogP contribution in [0.4, 0.5) is 4.79 Å². The molecule has 1 aliphatic rings. The molecule has 2 aromatic carbocycles. The third-order valence-corrected chi connectivity index (χ3v) is 16.5. The first-order valence-corrected chi connectivity index (χ1v) is 41.2. The lowest BCUT2D eigenvalue weighted by molar-refractivity contribution is -0.139. The van der Waals surface area contributed by atoms with Gasteiger partial charge in [0.1, 0.15) is 18.7 Å². The van der Waals surface area contributed by atoms with E-state index >= 15 is 0 Å². The number of alkyl carbamates (subject to hydrolysis) is 1. The minimum atomic E-state index is -1.23. The fourth-order valence-corrected chi connectivity index (χ4v) is 10.5. The van der Waals surface area contributed by atoms with E-state index in [0.29, 0.717) is 316 Å².